The number of nitrogens with zero attached hydrogens (tertiary/aromatic N) is 1. The lowest BCUT2D eigenvalue weighted by Gasteiger charge is -2.42. The van der Waals surface area contributed by atoms with Gasteiger partial charge in [0, 0.05) is 31.5 Å². The van der Waals surface area contributed by atoms with Crippen molar-refractivity contribution in [3.8, 4) is 0 Å². The highest BCUT2D eigenvalue weighted by atomic mass is 16.3. The van der Waals surface area contributed by atoms with Crippen molar-refractivity contribution in [2.75, 3.05) is 19.7 Å². The van der Waals surface area contributed by atoms with E-state index in [0.717, 1.165) is 31.8 Å². The molecule has 2 aliphatic rings. The third kappa shape index (κ3) is 2.87. The number of aliphatic hydroxyl groups excluding tert-OH is 1. The molecule has 0 unspecified atom stereocenters. The zero-order valence-corrected chi connectivity index (χ0v) is 12.0. The number of rotatable bonds is 2. The van der Waals surface area contributed by atoms with Crippen LogP contribution in [-0.4, -0.2) is 35.6 Å². The first-order valence-corrected chi connectivity index (χ1v) is 7.31. The molecular weight excluding hydrogens is 226 g/mol. The van der Waals surface area contributed by atoms with Gasteiger partial charge in [-0.3, -0.25) is 4.79 Å². The van der Waals surface area contributed by atoms with E-state index in [1.807, 2.05) is 4.90 Å². The van der Waals surface area contributed by atoms with Gasteiger partial charge in [0.2, 0.25) is 5.91 Å². The fourth-order valence-corrected chi connectivity index (χ4v) is 3.33. The molecule has 0 spiro atoms. The lowest BCUT2D eigenvalue weighted by Crippen LogP contribution is -2.53. The monoisotopic (exact) mass is 253 g/mol. The van der Waals surface area contributed by atoms with Gasteiger partial charge in [-0.05, 0) is 37.0 Å². The van der Waals surface area contributed by atoms with Crippen molar-refractivity contribution in [2.24, 2.45) is 23.2 Å². The minimum atomic E-state index is 0.223. The summed E-state index contributed by atoms with van der Waals surface area (Å²) >= 11 is 0. The molecule has 2 rings (SSSR count). The molecule has 1 saturated heterocycles. The summed E-state index contributed by atoms with van der Waals surface area (Å²) in [5.74, 6) is 1.69. The summed E-state index contributed by atoms with van der Waals surface area (Å²) < 4.78 is 0. The highest BCUT2D eigenvalue weighted by Gasteiger charge is 2.37. The Morgan fingerprint density at radius 3 is 2.17 bits per heavy atom. The van der Waals surface area contributed by atoms with Crippen LogP contribution in [0.2, 0.25) is 0 Å². The van der Waals surface area contributed by atoms with Gasteiger partial charge >= 0.3 is 0 Å². The molecule has 104 valence electrons. The van der Waals surface area contributed by atoms with E-state index in [1.165, 1.54) is 12.8 Å². The molecule has 0 aromatic rings. The van der Waals surface area contributed by atoms with Crippen LogP contribution in [0.25, 0.3) is 0 Å². The third-order valence-corrected chi connectivity index (χ3v) is 4.83. The van der Waals surface area contributed by atoms with Gasteiger partial charge in [-0.25, -0.2) is 0 Å². The number of aliphatic hydroxyl groups is 1. The first-order chi connectivity index (χ1) is 8.41. The molecule has 0 atom stereocenters. The predicted molar refractivity (Wildman–Crippen MR) is 72.1 cm³/mol. The van der Waals surface area contributed by atoms with Crippen molar-refractivity contribution in [1.82, 2.24) is 4.90 Å². The second-order valence-corrected chi connectivity index (χ2v) is 7.21. The van der Waals surface area contributed by atoms with Gasteiger partial charge in [0.15, 0.2) is 0 Å². The van der Waals surface area contributed by atoms with Gasteiger partial charge in [-0.1, -0.05) is 20.8 Å². The van der Waals surface area contributed by atoms with Crippen LogP contribution in [0.3, 0.4) is 0 Å². The summed E-state index contributed by atoms with van der Waals surface area (Å²) in [6.07, 6.45) is 4.50. The smallest absolute Gasteiger partial charge is 0.225 e. The molecule has 18 heavy (non-hydrogen) atoms. The zero-order chi connectivity index (χ0) is 13.3. The molecule has 1 saturated carbocycles. The number of carbonyl (C=O) groups excluding carboxylic acids is 1. The van der Waals surface area contributed by atoms with E-state index in [0.29, 0.717) is 17.2 Å². The van der Waals surface area contributed by atoms with Crippen molar-refractivity contribution in [1.29, 1.82) is 0 Å². The third-order valence-electron chi connectivity index (χ3n) is 4.83. The van der Waals surface area contributed by atoms with Crippen molar-refractivity contribution in [3.63, 3.8) is 0 Å². The van der Waals surface area contributed by atoms with E-state index in [2.05, 4.69) is 20.8 Å². The van der Waals surface area contributed by atoms with E-state index >= 15 is 0 Å². The zero-order valence-electron chi connectivity index (χ0n) is 12.0. The molecule has 3 nitrogen and oxygen atoms in total. The summed E-state index contributed by atoms with van der Waals surface area (Å²) in [6, 6.07) is 0. The van der Waals surface area contributed by atoms with Crippen LogP contribution in [0.4, 0.5) is 0 Å². The van der Waals surface area contributed by atoms with Crippen LogP contribution < -0.4 is 0 Å². The maximum Gasteiger partial charge on any atom is 0.225 e. The van der Waals surface area contributed by atoms with Gasteiger partial charge in [0.1, 0.15) is 0 Å². The molecule has 1 amide bonds. The second kappa shape index (κ2) is 5.20. The van der Waals surface area contributed by atoms with Crippen LogP contribution in [0, 0.1) is 23.2 Å². The van der Waals surface area contributed by atoms with Crippen LogP contribution in [0.5, 0.6) is 0 Å². The Balaban J connectivity index is 1.78. The maximum absolute atomic E-state index is 12.2. The minimum absolute atomic E-state index is 0.223. The Hall–Kier alpha value is -0.570. The van der Waals surface area contributed by atoms with Gasteiger partial charge in [0.25, 0.3) is 0 Å². The number of carbonyl (C=O) groups is 1. The van der Waals surface area contributed by atoms with E-state index in [9.17, 15) is 4.79 Å². The van der Waals surface area contributed by atoms with Gasteiger partial charge in [0.05, 0.1) is 0 Å². The number of amides is 1. The lowest BCUT2D eigenvalue weighted by atomic mass is 9.69. The molecule has 0 bridgehead atoms. The Kier molecular flexibility index (Phi) is 4.00. The number of likely N-dealkylation sites (tertiary alicyclic amines) is 1. The Morgan fingerprint density at radius 2 is 1.72 bits per heavy atom. The molecule has 1 N–H and O–H groups in total. The Morgan fingerprint density at radius 1 is 1.17 bits per heavy atom. The van der Waals surface area contributed by atoms with E-state index in [-0.39, 0.29) is 12.5 Å². The number of hydrogen-bond acceptors (Lipinski definition) is 2. The summed E-state index contributed by atoms with van der Waals surface area (Å²) in [7, 11) is 0. The lowest BCUT2D eigenvalue weighted by molar-refractivity contribution is -0.144. The first-order valence-electron chi connectivity index (χ1n) is 7.31. The molecule has 0 radical (unpaired) electrons. The normalized spacial score (nSPS) is 30.1. The quantitative estimate of drug-likeness (QED) is 0.820. The molecule has 1 aliphatic heterocycles. The predicted octanol–water partition coefficient (Wildman–Crippen LogP) is 2.29. The molecule has 1 heterocycles. The Labute approximate surface area is 111 Å². The van der Waals surface area contributed by atoms with E-state index < -0.39 is 0 Å². The first kappa shape index (κ1) is 13.9. The summed E-state index contributed by atoms with van der Waals surface area (Å²) in [4.78, 5) is 14.2. The van der Waals surface area contributed by atoms with Crippen LogP contribution >= 0.6 is 0 Å². The molecule has 0 aromatic carbocycles. The standard InChI is InChI=1S/C15H27NO2/c1-15(2,3)13-6-4-12(5-7-13)14(18)16-8-11(9-16)10-17/h11-13,17H,4-10H2,1-3H3. The highest BCUT2D eigenvalue weighted by Crippen LogP contribution is 2.40. The molecule has 3 heteroatoms. The van der Waals surface area contributed by atoms with Crippen molar-refractivity contribution in [2.45, 2.75) is 46.5 Å². The van der Waals surface area contributed by atoms with Gasteiger partial charge < -0.3 is 10.0 Å². The highest BCUT2D eigenvalue weighted by molar-refractivity contribution is 5.79. The second-order valence-electron chi connectivity index (χ2n) is 7.21. The SMILES string of the molecule is CC(C)(C)C1CCC(C(=O)N2CC(CO)C2)CC1. The number of hydrogen-bond donors (Lipinski definition) is 1. The van der Waals surface area contributed by atoms with Crippen molar-refractivity contribution >= 4 is 5.91 Å². The van der Waals surface area contributed by atoms with E-state index in [1.54, 1.807) is 0 Å². The maximum atomic E-state index is 12.2. The average molecular weight is 253 g/mol. The van der Waals surface area contributed by atoms with Crippen molar-refractivity contribution < 1.29 is 9.90 Å². The summed E-state index contributed by atoms with van der Waals surface area (Å²) in [6.45, 7) is 8.69. The van der Waals surface area contributed by atoms with Gasteiger partial charge in [-0.2, -0.15) is 0 Å². The average Bonchev–Trinajstić information content (AvgIpc) is 2.26. The van der Waals surface area contributed by atoms with E-state index in [4.69, 9.17) is 5.11 Å². The summed E-state index contributed by atoms with van der Waals surface area (Å²) in [5.41, 5.74) is 0.382. The van der Waals surface area contributed by atoms with Crippen LogP contribution in [0.15, 0.2) is 0 Å². The fourth-order valence-electron chi connectivity index (χ4n) is 3.33. The molecule has 1 aliphatic carbocycles. The largest absolute Gasteiger partial charge is 0.396 e. The fraction of sp³-hybridized carbons (Fsp3) is 0.933. The van der Waals surface area contributed by atoms with Crippen molar-refractivity contribution in [3.05, 3.63) is 0 Å². The Bertz CT molecular complexity index is 294. The molecular formula is C15H27NO2. The molecule has 0 aromatic heterocycles. The van der Waals surface area contributed by atoms with Gasteiger partial charge in [-0.15, -0.1) is 0 Å². The minimum Gasteiger partial charge on any atom is -0.396 e. The van der Waals surface area contributed by atoms with Crippen LogP contribution in [-0.2, 0) is 4.79 Å². The molecule has 2 fully saturated rings. The van der Waals surface area contributed by atoms with Crippen LogP contribution in [0.1, 0.15) is 46.5 Å². The topological polar surface area (TPSA) is 40.5 Å². The summed E-state index contributed by atoms with van der Waals surface area (Å²) in [5, 5.41) is 8.98.